The summed E-state index contributed by atoms with van der Waals surface area (Å²) in [6.45, 7) is 0.101. The second-order valence-electron chi connectivity index (χ2n) is 4.17. The molecule has 1 atom stereocenters. The first kappa shape index (κ1) is 16.2. The molecule has 3 N–H and O–H groups in total. The molecule has 0 heterocycles. The number of rotatable bonds is 5. The number of aliphatic hydroxyl groups excluding tert-OH is 1. The molecule has 0 fully saturated rings. The molecule has 112 valence electrons. The quantitative estimate of drug-likeness (QED) is 0.731. The third-order valence-electron chi connectivity index (χ3n) is 2.45. The van der Waals surface area contributed by atoms with Crippen LogP contribution in [0.5, 0.6) is 0 Å². The topological polar surface area (TPSA) is 61.4 Å². The second kappa shape index (κ2) is 6.56. The lowest BCUT2D eigenvalue weighted by Crippen LogP contribution is -2.42. The Balaban J connectivity index is 2.50. The fourth-order valence-corrected chi connectivity index (χ4v) is 1.30. The van der Waals surface area contributed by atoms with Gasteiger partial charge >= 0.3 is 18.4 Å². The van der Waals surface area contributed by atoms with E-state index in [2.05, 4.69) is 5.32 Å². The molecular formula is C12H14F4N2O2. The standard InChI is InChI=1S/C12H14F4N2O2/c1-7(19)8-2-4-9(5-3-8)18-11(20)17-6-12(15,16)10(13)14/h2-5,7,10,19H,6H2,1H3,(H2,17,18,20). The zero-order chi connectivity index (χ0) is 15.3. The molecule has 1 rings (SSSR count). The zero-order valence-corrected chi connectivity index (χ0v) is 10.5. The van der Waals surface area contributed by atoms with Gasteiger partial charge in [0.05, 0.1) is 12.6 Å². The van der Waals surface area contributed by atoms with Crippen LogP contribution in [0.1, 0.15) is 18.6 Å². The number of hydrogen-bond donors (Lipinski definition) is 3. The lowest BCUT2D eigenvalue weighted by atomic mass is 10.1. The molecule has 8 heteroatoms. The Morgan fingerprint density at radius 1 is 1.30 bits per heavy atom. The van der Waals surface area contributed by atoms with Crippen LogP contribution in [0.2, 0.25) is 0 Å². The van der Waals surface area contributed by atoms with Crippen LogP contribution < -0.4 is 10.6 Å². The van der Waals surface area contributed by atoms with Crippen molar-refractivity contribution in [1.82, 2.24) is 5.32 Å². The minimum Gasteiger partial charge on any atom is -0.389 e. The second-order valence-corrected chi connectivity index (χ2v) is 4.17. The predicted octanol–water partition coefficient (Wildman–Crippen LogP) is 2.76. The Bertz CT molecular complexity index is 449. The Kier molecular flexibility index (Phi) is 5.32. The molecule has 2 amide bonds. The summed E-state index contributed by atoms with van der Waals surface area (Å²) in [5.41, 5.74) is 0.896. The number of hydrogen-bond acceptors (Lipinski definition) is 2. The lowest BCUT2D eigenvalue weighted by molar-refractivity contribution is -0.123. The molecule has 0 spiro atoms. The van der Waals surface area contributed by atoms with Crippen molar-refractivity contribution in [2.24, 2.45) is 0 Å². The number of aliphatic hydroxyl groups is 1. The van der Waals surface area contributed by atoms with Gasteiger partial charge in [-0.15, -0.1) is 0 Å². The molecule has 1 aromatic carbocycles. The fourth-order valence-electron chi connectivity index (χ4n) is 1.30. The van der Waals surface area contributed by atoms with E-state index in [1.165, 1.54) is 24.3 Å². The van der Waals surface area contributed by atoms with E-state index in [0.717, 1.165) is 0 Å². The number of carbonyl (C=O) groups is 1. The Morgan fingerprint density at radius 3 is 2.30 bits per heavy atom. The van der Waals surface area contributed by atoms with Gasteiger partial charge in [-0.05, 0) is 24.6 Å². The summed E-state index contributed by atoms with van der Waals surface area (Å²) < 4.78 is 48.9. The summed E-state index contributed by atoms with van der Waals surface area (Å²) in [4.78, 5) is 11.3. The van der Waals surface area contributed by atoms with Gasteiger partial charge in [0.2, 0.25) is 0 Å². The number of benzene rings is 1. The SMILES string of the molecule is CC(O)c1ccc(NC(=O)NCC(F)(F)C(F)F)cc1. The van der Waals surface area contributed by atoms with E-state index in [-0.39, 0.29) is 5.69 Å². The van der Waals surface area contributed by atoms with Crippen LogP contribution in [0.15, 0.2) is 24.3 Å². The molecule has 1 aromatic rings. The normalized spacial score (nSPS) is 13.2. The number of amides is 2. The Morgan fingerprint density at radius 2 is 1.85 bits per heavy atom. The smallest absolute Gasteiger partial charge is 0.324 e. The highest BCUT2D eigenvalue weighted by Gasteiger charge is 2.40. The average Bonchev–Trinajstić information content (AvgIpc) is 2.37. The molecule has 0 bridgehead atoms. The summed E-state index contributed by atoms with van der Waals surface area (Å²) >= 11 is 0. The first-order valence-corrected chi connectivity index (χ1v) is 5.71. The van der Waals surface area contributed by atoms with Crippen LogP contribution in [0.4, 0.5) is 28.0 Å². The molecule has 4 nitrogen and oxygen atoms in total. The van der Waals surface area contributed by atoms with E-state index in [9.17, 15) is 27.5 Å². The van der Waals surface area contributed by atoms with Crippen molar-refractivity contribution < 1.29 is 27.5 Å². The number of anilines is 1. The summed E-state index contributed by atoms with van der Waals surface area (Å²) in [6.07, 6.45) is -4.52. The molecule has 20 heavy (non-hydrogen) atoms. The van der Waals surface area contributed by atoms with Crippen molar-refractivity contribution in [1.29, 1.82) is 0 Å². The van der Waals surface area contributed by atoms with Crippen molar-refractivity contribution >= 4 is 11.7 Å². The minimum atomic E-state index is -4.27. The van der Waals surface area contributed by atoms with Crippen molar-refractivity contribution in [3.63, 3.8) is 0 Å². The maximum atomic E-state index is 12.6. The number of nitrogens with one attached hydrogen (secondary N) is 2. The lowest BCUT2D eigenvalue weighted by Gasteiger charge is -2.16. The molecule has 0 saturated heterocycles. The van der Waals surface area contributed by atoms with Gasteiger partial charge in [0.15, 0.2) is 0 Å². The molecule has 0 aliphatic carbocycles. The van der Waals surface area contributed by atoms with E-state index in [0.29, 0.717) is 5.56 Å². The highest BCUT2D eigenvalue weighted by Crippen LogP contribution is 2.21. The summed E-state index contributed by atoms with van der Waals surface area (Å²) in [6, 6.07) is 4.96. The van der Waals surface area contributed by atoms with Gasteiger partial charge < -0.3 is 15.7 Å². The first-order valence-electron chi connectivity index (χ1n) is 5.71. The van der Waals surface area contributed by atoms with E-state index in [1.807, 2.05) is 0 Å². The van der Waals surface area contributed by atoms with Crippen LogP contribution >= 0.6 is 0 Å². The van der Waals surface area contributed by atoms with Crippen LogP contribution in [0.25, 0.3) is 0 Å². The van der Waals surface area contributed by atoms with Crippen LogP contribution in [0, 0.1) is 0 Å². The third kappa shape index (κ3) is 4.69. The average molecular weight is 294 g/mol. The van der Waals surface area contributed by atoms with Gasteiger partial charge in [-0.3, -0.25) is 0 Å². The van der Waals surface area contributed by atoms with Gasteiger partial charge in [-0.1, -0.05) is 12.1 Å². The largest absolute Gasteiger partial charge is 0.389 e. The Labute approximate surface area is 112 Å². The highest BCUT2D eigenvalue weighted by molar-refractivity contribution is 5.89. The van der Waals surface area contributed by atoms with Gasteiger partial charge in [0.25, 0.3) is 0 Å². The molecule has 0 aliphatic heterocycles. The molecule has 0 saturated carbocycles. The third-order valence-corrected chi connectivity index (χ3v) is 2.45. The van der Waals surface area contributed by atoms with Gasteiger partial charge in [-0.25, -0.2) is 13.6 Å². The molecule has 0 aliphatic rings. The maximum absolute atomic E-state index is 12.6. The van der Waals surface area contributed by atoms with E-state index in [4.69, 9.17) is 0 Å². The fraction of sp³-hybridized carbons (Fsp3) is 0.417. The molecular weight excluding hydrogens is 280 g/mol. The zero-order valence-electron chi connectivity index (χ0n) is 10.5. The van der Waals surface area contributed by atoms with Gasteiger partial charge in [0, 0.05) is 5.69 Å². The minimum absolute atomic E-state index is 0.285. The monoisotopic (exact) mass is 294 g/mol. The van der Waals surface area contributed by atoms with Gasteiger partial charge in [-0.2, -0.15) is 8.78 Å². The van der Waals surface area contributed by atoms with Crippen molar-refractivity contribution in [2.45, 2.75) is 25.4 Å². The molecule has 1 unspecified atom stereocenters. The number of halogens is 4. The summed E-state index contributed by atoms with van der Waals surface area (Å²) in [7, 11) is 0. The number of urea groups is 1. The molecule has 0 radical (unpaired) electrons. The van der Waals surface area contributed by atoms with E-state index >= 15 is 0 Å². The van der Waals surface area contributed by atoms with Crippen molar-refractivity contribution in [3.8, 4) is 0 Å². The first-order chi connectivity index (χ1) is 9.22. The van der Waals surface area contributed by atoms with Crippen LogP contribution in [0.3, 0.4) is 0 Å². The van der Waals surface area contributed by atoms with Crippen LogP contribution in [-0.4, -0.2) is 30.0 Å². The highest BCUT2D eigenvalue weighted by atomic mass is 19.3. The predicted molar refractivity (Wildman–Crippen MR) is 65.0 cm³/mol. The van der Waals surface area contributed by atoms with Crippen molar-refractivity contribution in [3.05, 3.63) is 29.8 Å². The van der Waals surface area contributed by atoms with Gasteiger partial charge in [0.1, 0.15) is 0 Å². The number of alkyl halides is 4. The van der Waals surface area contributed by atoms with Crippen molar-refractivity contribution in [2.75, 3.05) is 11.9 Å². The van der Waals surface area contributed by atoms with Crippen LogP contribution in [-0.2, 0) is 0 Å². The van der Waals surface area contributed by atoms with E-state index < -0.39 is 31.0 Å². The summed E-state index contributed by atoms with van der Waals surface area (Å²) in [5.74, 6) is -4.27. The summed E-state index contributed by atoms with van der Waals surface area (Å²) in [5, 5.41) is 13.1. The Hall–Kier alpha value is -1.83. The molecule has 0 aromatic heterocycles. The van der Waals surface area contributed by atoms with E-state index in [1.54, 1.807) is 12.2 Å². The number of carbonyl (C=O) groups excluding carboxylic acids is 1. The maximum Gasteiger partial charge on any atom is 0.324 e.